The highest BCUT2D eigenvalue weighted by atomic mass is 32.1. The van der Waals surface area contributed by atoms with Gasteiger partial charge in [0.05, 0.1) is 40.3 Å². The lowest BCUT2D eigenvalue weighted by Gasteiger charge is -2.61. The second kappa shape index (κ2) is 15.9. The van der Waals surface area contributed by atoms with E-state index in [1.165, 1.54) is 27.0 Å². The van der Waals surface area contributed by atoms with E-state index >= 15 is 4.39 Å². The highest BCUT2D eigenvalue weighted by Gasteiger charge is 2.54. The molecule has 68 heavy (non-hydrogen) atoms. The van der Waals surface area contributed by atoms with Gasteiger partial charge >= 0.3 is 6.03 Å². The third-order valence-corrected chi connectivity index (χ3v) is 15.0. The molecule has 4 fully saturated rings. The van der Waals surface area contributed by atoms with Crippen molar-refractivity contribution in [1.29, 1.82) is 0 Å². The number of likely N-dealkylation sites (tertiary alicyclic amines) is 1. The van der Waals surface area contributed by atoms with Gasteiger partial charge in [0.2, 0.25) is 11.8 Å². The molecule has 5 aliphatic heterocycles. The van der Waals surface area contributed by atoms with E-state index < -0.39 is 23.5 Å². The lowest BCUT2D eigenvalue weighted by Crippen LogP contribution is -2.73. The van der Waals surface area contributed by atoms with Gasteiger partial charge in [-0.25, -0.2) is 28.8 Å². The predicted octanol–water partition coefficient (Wildman–Crippen LogP) is 4.47. The summed E-state index contributed by atoms with van der Waals surface area (Å²) >= 11 is 1.32. The van der Waals surface area contributed by atoms with Gasteiger partial charge in [0.25, 0.3) is 5.91 Å². The molecule has 3 N–H and O–H groups in total. The zero-order chi connectivity index (χ0) is 46.5. The van der Waals surface area contributed by atoms with Crippen LogP contribution in [0.5, 0.6) is 0 Å². The van der Waals surface area contributed by atoms with Crippen molar-refractivity contribution < 1.29 is 28.7 Å². The Morgan fingerprint density at radius 1 is 0.926 bits per heavy atom. The minimum Gasteiger partial charge on any atom is -0.389 e. The van der Waals surface area contributed by atoms with Crippen LogP contribution in [0.1, 0.15) is 49.5 Å². The molecule has 1 spiro atoms. The molecule has 0 radical (unpaired) electrons. The third kappa shape index (κ3) is 7.30. The molecule has 7 aromatic rings. The molecule has 0 bridgehead atoms. The molecule has 0 saturated carbocycles. The first kappa shape index (κ1) is 42.1. The maximum absolute atomic E-state index is 15.9. The van der Waals surface area contributed by atoms with E-state index in [1.54, 1.807) is 35.8 Å². The van der Waals surface area contributed by atoms with E-state index in [1.807, 2.05) is 47.4 Å². The number of hydrogen-bond acceptors (Lipinski definition) is 13. The molecule has 5 amide bonds. The number of benzene rings is 2. The van der Waals surface area contributed by atoms with Crippen LogP contribution in [0, 0.1) is 11.2 Å². The summed E-state index contributed by atoms with van der Waals surface area (Å²) < 4.78 is 21.1. The molecule has 10 heterocycles. The second-order valence-corrected chi connectivity index (χ2v) is 19.8. The fourth-order valence-electron chi connectivity index (χ4n) is 10.7. The van der Waals surface area contributed by atoms with Crippen LogP contribution in [0.15, 0.2) is 72.6 Å². The number of nitrogens with zero attached hydrogens (tertiary/aromatic N) is 12. The van der Waals surface area contributed by atoms with Crippen molar-refractivity contribution in [2.75, 3.05) is 65.8 Å². The van der Waals surface area contributed by atoms with Crippen LogP contribution in [0.3, 0.4) is 0 Å². The van der Waals surface area contributed by atoms with Crippen molar-refractivity contribution in [3.05, 3.63) is 89.8 Å². The Labute approximate surface area is 392 Å². The first-order valence-corrected chi connectivity index (χ1v) is 23.7. The number of aromatic nitrogens is 8. The minimum atomic E-state index is -1.11. The van der Waals surface area contributed by atoms with Crippen molar-refractivity contribution in [1.82, 2.24) is 49.3 Å². The lowest BCUT2D eigenvalue weighted by atomic mass is 9.72. The van der Waals surface area contributed by atoms with Crippen molar-refractivity contribution in [3.63, 3.8) is 0 Å². The normalized spacial score (nSPS) is 19.0. The Morgan fingerprint density at radius 3 is 2.50 bits per heavy atom. The minimum absolute atomic E-state index is 0.0181. The zero-order valence-electron chi connectivity index (χ0n) is 37.1. The summed E-state index contributed by atoms with van der Waals surface area (Å²) in [5.41, 5.74) is 4.06. The van der Waals surface area contributed by atoms with Crippen LogP contribution >= 0.6 is 11.3 Å². The number of rotatable bonds is 10. The Hall–Kier alpha value is -7.26. The molecule has 19 nitrogen and oxygen atoms in total. The van der Waals surface area contributed by atoms with Crippen LogP contribution in [0.2, 0.25) is 0 Å². The SMILES string of the molecule is Cn1nc(N2CCC(=O)NC2=O)c2ccc(N3CCC(O)(CC(=O)N4CC5(C4)CN(c4ccc(-c6cc(F)c7cn(C(C(=O)Nc8nccs8)c8ncn9c8CCC9)nc7c6)cc4)C5)CC3)nc21. The van der Waals surface area contributed by atoms with Crippen molar-refractivity contribution in [3.8, 4) is 11.1 Å². The maximum Gasteiger partial charge on any atom is 0.329 e. The molecule has 21 heteroatoms. The number of urea groups is 1. The first-order chi connectivity index (χ1) is 32.9. The summed E-state index contributed by atoms with van der Waals surface area (Å²) in [5.74, 6) is 0.0391. The number of pyridine rings is 1. The molecule has 348 valence electrons. The standard InChI is InChI=1S/C47H47FN14O5S/c1-56-41-31(42(55-56)61-15-10-37(63)52-45(61)66)8-9-36(51-41)57-16-11-47(67,12-17-57)21-38(64)60-25-46(26-60)23-59(24-46)30-6-4-28(5-7-30)29-19-33(48)32-22-62(54-34(32)20-29)40(43(65)53-44-49-13-18-68-44)39-35-3-2-14-58(35)27-50-39/h4-9,13,18-20,22,27,40,67H,2-3,10-12,14-17,21,23-26H2,1H3,(H,49,53,65)(H,52,63,66). The fraction of sp³-hybridized carbons (Fsp3) is 0.383. The van der Waals surface area contributed by atoms with Gasteiger partial charge in [-0.05, 0) is 73.2 Å². The molecular weight excluding hydrogens is 892 g/mol. The number of anilines is 4. The monoisotopic (exact) mass is 938 g/mol. The average Bonchev–Trinajstić information content (AvgIpc) is 4.15. The largest absolute Gasteiger partial charge is 0.389 e. The second-order valence-electron chi connectivity index (χ2n) is 18.9. The van der Waals surface area contributed by atoms with Crippen molar-refractivity contribution in [2.45, 2.75) is 56.7 Å². The number of halogens is 1. The number of fused-ring (bicyclic) bond motifs is 3. The van der Waals surface area contributed by atoms with E-state index in [9.17, 15) is 24.3 Å². The van der Waals surface area contributed by atoms with Gasteiger partial charge in [-0.1, -0.05) is 12.1 Å². The molecule has 1 atom stereocenters. The lowest BCUT2D eigenvalue weighted by molar-refractivity contribution is -0.151. The average molecular weight is 939 g/mol. The Bertz CT molecular complexity index is 3160. The van der Waals surface area contributed by atoms with Gasteiger partial charge in [-0.3, -0.25) is 34.6 Å². The van der Waals surface area contributed by atoms with Gasteiger partial charge in [-0.2, -0.15) is 10.2 Å². The van der Waals surface area contributed by atoms with E-state index in [4.69, 9.17) is 10.1 Å². The van der Waals surface area contributed by atoms with E-state index in [0.29, 0.717) is 83.2 Å². The number of imide groups is 1. The van der Waals surface area contributed by atoms with Crippen LogP contribution in [-0.2, 0) is 34.4 Å². The highest BCUT2D eigenvalue weighted by Crippen LogP contribution is 2.43. The number of imidazole rings is 1. The Kier molecular flexibility index (Phi) is 9.87. The van der Waals surface area contributed by atoms with E-state index in [-0.39, 0.29) is 42.5 Å². The first-order valence-electron chi connectivity index (χ1n) is 22.9. The number of piperidine rings is 1. The number of aliphatic hydroxyl groups is 1. The molecule has 2 aromatic carbocycles. The quantitative estimate of drug-likeness (QED) is 0.174. The summed E-state index contributed by atoms with van der Waals surface area (Å²) in [6.07, 6.45) is 7.82. The summed E-state index contributed by atoms with van der Waals surface area (Å²) in [4.78, 5) is 72.8. The van der Waals surface area contributed by atoms with Crippen LogP contribution < -0.4 is 25.3 Å². The van der Waals surface area contributed by atoms with Gasteiger partial charge in [0.1, 0.15) is 11.6 Å². The summed E-state index contributed by atoms with van der Waals surface area (Å²) in [6, 6.07) is 13.7. The molecular formula is C47H47FN14O5S. The molecule has 5 aromatic heterocycles. The number of nitrogens with one attached hydrogen (secondary N) is 2. The summed E-state index contributed by atoms with van der Waals surface area (Å²) in [7, 11) is 1.76. The van der Waals surface area contributed by atoms with Gasteiger partial charge in [-0.15, -0.1) is 11.3 Å². The van der Waals surface area contributed by atoms with Crippen LogP contribution in [0.4, 0.5) is 31.6 Å². The molecule has 1 unspecified atom stereocenters. The maximum atomic E-state index is 15.9. The summed E-state index contributed by atoms with van der Waals surface area (Å²) in [6.45, 7) is 5.05. The van der Waals surface area contributed by atoms with Gasteiger partial charge < -0.3 is 24.4 Å². The fourth-order valence-corrected chi connectivity index (χ4v) is 11.2. The van der Waals surface area contributed by atoms with Crippen LogP contribution in [-0.4, -0.2) is 124 Å². The van der Waals surface area contributed by atoms with E-state index in [0.717, 1.165) is 55.2 Å². The van der Waals surface area contributed by atoms with Crippen molar-refractivity contribution in [2.24, 2.45) is 12.5 Å². The number of carbonyl (C=O) groups is 4. The van der Waals surface area contributed by atoms with Crippen LogP contribution in [0.25, 0.3) is 33.1 Å². The van der Waals surface area contributed by atoms with Gasteiger partial charge in [0.15, 0.2) is 22.6 Å². The zero-order valence-corrected chi connectivity index (χ0v) is 38.0. The molecule has 12 rings (SSSR count). The smallest absolute Gasteiger partial charge is 0.329 e. The third-order valence-electron chi connectivity index (χ3n) is 14.3. The molecule has 0 aliphatic carbocycles. The highest BCUT2D eigenvalue weighted by molar-refractivity contribution is 7.13. The van der Waals surface area contributed by atoms with Gasteiger partial charge in [0, 0.05) is 100 Å². The Morgan fingerprint density at radius 2 is 1.74 bits per heavy atom. The number of thiazole rings is 1. The van der Waals surface area contributed by atoms with E-state index in [2.05, 4.69) is 40.1 Å². The number of aryl methyl sites for hydroxylation is 2. The van der Waals surface area contributed by atoms with Crippen molar-refractivity contribution >= 4 is 79.5 Å². The molecule has 4 saturated heterocycles. The number of carbonyl (C=O) groups excluding carboxylic acids is 4. The predicted molar refractivity (Wildman–Crippen MR) is 251 cm³/mol. The number of amides is 5. The topological polar surface area (TPSA) is 205 Å². The Balaban J connectivity index is 0.652. The number of hydrogen-bond donors (Lipinski definition) is 3. The summed E-state index contributed by atoms with van der Waals surface area (Å²) in [5, 5.41) is 29.3. The molecule has 5 aliphatic rings.